The standard InChI is InChI=1S/C12H20N4O3S/c1-16(8-10-4-3-7-19-9-10)20(17,18)12-11(15-13)5-2-6-14-12/h2,5-6,10,15H,3-4,7-9,13H2,1H3. The second-order valence-electron chi connectivity index (χ2n) is 4.87. The van der Waals surface area contributed by atoms with Gasteiger partial charge in [-0.3, -0.25) is 5.84 Å². The minimum absolute atomic E-state index is 0.0540. The van der Waals surface area contributed by atoms with E-state index < -0.39 is 10.0 Å². The van der Waals surface area contributed by atoms with E-state index in [0.717, 1.165) is 19.4 Å². The molecule has 0 amide bonds. The number of hydrazine groups is 1. The van der Waals surface area contributed by atoms with E-state index in [0.29, 0.717) is 18.8 Å². The van der Waals surface area contributed by atoms with Crippen molar-refractivity contribution < 1.29 is 13.2 Å². The van der Waals surface area contributed by atoms with E-state index in [-0.39, 0.29) is 10.9 Å². The summed E-state index contributed by atoms with van der Waals surface area (Å²) >= 11 is 0. The zero-order valence-electron chi connectivity index (χ0n) is 11.4. The second kappa shape index (κ2) is 6.49. The number of hydrogen-bond acceptors (Lipinski definition) is 6. The van der Waals surface area contributed by atoms with E-state index in [1.807, 2.05) is 0 Å². The van der Waals surface area contributed by atoms with Gasteiger partial charge >= 0.3 is 0 Å². The van der Waals surface area contributed by atoms with Crippen molar-refractivity contribution in [3.05, 3.63) is 18.3 Å². The summed E-state index contributed by atoms with van der Waals surface area (Å²) in [6.07, 6.45) is 3.38. The predicted octanol–water partition coefficient (Wildman–Crippen LogP) is 0.414. The van der Waals surface area contributed by atoms with E-state index in [4.69, 9.17) is 10.6 Å². The highest BCUT2D eigenvalue weighted by atomic mass is 32.2. The zero-order chi connectivity index (χ0) is 14.6. The van der Waals surface area contributed by atoms with Crippen molar-refractivity contribution in [3.63, 3.8) is 0 Å². The lowest BCUT2D eigenvalue weighted by Crippen LogP contribution is -2.36. The Morgan fingerprint density at radius 2 is 2.40 bits per heavy atom. The highest BCUT2D eigenvalue weighted by Gasteiger charge is 2.28. The van der Waals surface area contributed by atoms with Gasteiger partial charge in [0.1, 0.15) is 0 Å². The number of hydrogen-bond donors (Lipinski definition) is 2. The van der Waals surface area contributed by atoms with Crippen LogP contribution in [0.4, 0.5) is 5.69 Å². The van der Waals surface area contributed by atoms with Gasteiger partial charge in [0, 0.05) is 26.4 Å². The first kappa shape index (κ1) is 15.2. The molecular formula is C12H20N4O3S. The molecule has 1 aliphatic rings. The summed E-state index contributed by atoms with van der Waals surface area (Å²) in [7, 11) is -2.10. The molecule has 0 bridgehead atoms. The first-order valence-electron chi connectivity index (χ1n) is 6.51. The van der Waals surface area contributed by atoms with Crippen LogP contribution >= 0.6 is 0 Å². The summed E-state index contributed by atoms with van der Waals surface area (Å²) < 4.78 is 31.7. The van der Waals surface area contributed by atoms with Gasteiger partial charge in [-0.2, -0.15) is 4.31 Å². The number of nitrogens with one attached hydrogen (secondary N) is 1. The first-order valence-corrected chi connectivity index (χ1v) is 7.95. The van der Waals surface area contributed by atoms with Gasteiger partial charge in [-0.15, -0.1) is 0 Å². The van der Waals surface area contributed by atoms with Crippen LogP contribution in [0, 0.1) is 5.92 Å². The van der Waals surface area contributed by atoms with Crippen LogP contribution in [0.1, 0.15) is 12.8 Å². The van der Waals surface area contributed by atoms with Crippen molar-refractivity contribution in [1.29, 1.82) is 0 Å². The van der Waals surface area contributed by atoms with Crippen LogP contribution < -0.4 is 11.3 Å². The smallest absolute Gasteiger partial charge is 0.262 e. The molecule has 2 heterocycles. The Kier molecular flexibility index (Phi) is 4.92. The number of sulfonamides is 1. The lowest BCUT2D eigenvalue weighted by molar-refractivity contribution is 0.0495. The molecule has 0 aliphatic carbocycles. The minimum atomic E-state index is -3.66. The molecule has 7 nitrogen and oxygen atoms in total. The van der Waals surface area contributed by atoms with Crippen LogP contribution in [0.2, 0.25) is 0 Å². The van der Waals surface area contributed by atoms with Crippen molar-refractivity contribution in [2.24, 2.45) is 11.8 Å². The van der Waals surface area contributed by atoms with Gasteiger partial charge in [-0.1, -0.05) is 0 Å². The quantitative estimate of drug-likeness (QED) is 0.604. The molecule has 112 valence electrons. The summed E-state index contributed by atoms with van der Waals surface area (Å²) in [6.45, 7) is 1.78. The third kappa shape index (κ3) is 3.26. The molecule has 8 heteroatoms. The molecular weight excluding hydrogens is 280 g/mol. The molecule has 0 spiro atoms. The Balaban J connectivity index is 2.16. The number of nitrogen functional groups attached to an aromatic ring is 1. The fourth-order valence-corrected chi connectivity index (χ4v) is 3.57. The molecule has 2 rings (SSSR count). The Morgan fingerprint density at radius 1 is 1.60 bits per heavy atom. The van der Waals surface area contributed by atoms with E-state index in [1.54, 1.807) is 19.2 Å². The highest BCUT2D eigenvalue weighted by Crippen LogP contribution is 2.22. The molecule has 1 fully saturated rings. The average Bonchev–Trinajstić information content (AvgIpc) is 2.48. The van der Waals surface area contributed by atoms with E-state index in [1.165, 1.54) is 10.5 Å². The topological polar surface area (TPSA) is 97.5 Å². The lowest BCUT2D eigenvalue weighted by Gasteiger charge is -2.26. The Morgan fingerprint density at radius 3 is 3.05 bits per heavy atom. The molecule has 20 heavy (non-hydrogen) atoms. The maximum absolute atomic E-state index is 12.5. The van der Waals surface area contributed by atoms with Gasteiger partial charge in [0.25, 0.3) is 10.0 Å². The summed E-state index contributed by atoms with van der Waals surface area (Å²) in [5, 5.41) is -0.0540. The molecule has 1 unspecified atom stereocenters. The monoisotopic (exact) mass is 300 g/mol. The van der Waals surface area contributed by atoms with Crippen molar-refractivity contribution in [1.82, 2.24) is 9.29 Å². The molecule has 1 aromatic heterocycles. The van der Waals surface area contributed by atoms with Gasteiger partial charge < -0.3 is 10.2 Å². The molecule has 0 aromatic carbocycles. The van der Waals surface area contributed by atoms with Gasteiger partial charge in [0.15, 0.2) is 5.03 Å². The van der Waals surface area contributed by atoms with Crippen LogP contribution in [-0.4, -0.2) is 44.5 Å². The Hall–Kier alpha value is -1.22. The minimum Gasteiger partial charge on any atom is -0.381 e. The van der Waals surface area contributed by atoms with E-state index >= 15 is 0 Å². The average molecular weight is 300 g/mol. The Labute approximate surface area is 119 Å². The van der Waals surface area contributed by atoms with Crippen molar-refractivity contribution in [2.75, 3.05) is 32.2 Å². The predicted molar refractivity (Wildman–Crippen MR) is 75.4 cm³/mol. The number of ether oxygens (including phenoxy) is 1. The van der Waals surface area contributed by atoms with Crippen molar-refractivity contribution in [2.45, 2.75) is 17.9 Å². The van der Waals surface area contributed by atoms with E-state index in [2.05, 4.69) is 10.4 Å². The third-order valence-corrected chi connectivity index (χ3v) is 5.13. The largest absolute Gasteiger partial charge is 0.381 e. The maximum atomic E-state index is 12.5. The van der Waals surface area contributed by atoms with Crippen LogP contribution in [0.25, 0.3) is 0 Å². The Bertz CT molecular complexity index is 543. The van der Waals surface area contributed by atoms with E-state index in [9.17, 15) is 8.42 Å². The fourth-order valence-electron chi connectivity index (χ4n) is 2.27. The molecule has 3 N–H and O–H groups in total. The number of anilines is 1. The van der Waals surface area contributed by atoms with Gasteiger partial charge in [-0.05, 0) is 30.9 Å². The number of aromatic nitrogens is 1. The van der Waals surface area contributed by atoms with Crippen LogP contribution in [0.15, 0.2) is 23.4 Å². The summed E-state index contributed by atoms with van der Waals surface area (Å²) in [5.74, 6) is 5.56. The van der Waals surface area contributed by atoms with Crippen LogP contribution in [0.3, 0.4) is 0 Å². The van der Waals surface area contributed by atoms with Crippen LogP contribution in [0.5, 0.6) is 0 Å². The van der Waals surface area contributed by atoms with Gasteiger partial charge in [-0.25, -0.2) is 13.4 Å². The zero-order valence-corrected chi connectivity index (χ0v) is 12.3. The number of nitrogens with zero attached hydrogens (tertiary/aromatic N) is 2. The number of pyridine rings is 1. The molecule has 0 saturated carbocycles. The lowest BCUT2D eigenvalue weighted by atomic mass is 10.0. The molecule has 0 radical (unpaired) electrons. The molecule has 1 aromatic rings. The fraction of sp³-hybridized carbons (Fsp3) is 0.583. The number of nitrogens with two attached hydrogens (primary N) is 1. The van der Waals surface area contributed by atoms with Crippen molar-refractivity contribution >= 4 is 15.7 Å². The highest BCUT2D eigenvalue weighted by molar-refractivity contribution is 7.89. The number of rotatable bonds is 5. The summed E-state index contributed by atoms with van der Waals surface area (Å²) in [5.41, 5.74) is 2.66. The summed E-state index contributed by atoms with van der Waals surface area (Å²) in [4.78, 5) is 3.93. The van der Waals surface area contributed by atoms with Gasteiger partial charge in [0.2, 0.25) is 0 Å². The van der Waals surface area contributed by atoms with Crippen molar-refractivity contribution in [3.8, 4) is 0 Å². The molecule has 1 saturated heterocycles. The first-order chi connectivity index (χ1) is 9.55. The molecule has 1 atom stereocenters. The third-order valence-electron chi connectivity index (χ3n) is 3.35. The summed E-state index contributed by atoms with van der Waals surface area (Å²) in [6, 6.07) is 3.21. The SMILES string of the molecule is CN(CC1CCCOC1)S(=O)(=O)c1ncccc1NN. The van der Waals surface area contributed by atoms with Crippen LogP contribution in [-0.2, 0) is 14.8 Å². The normalized spacial score (nSPS) is 20.1. The maximum Gasteiger partial charge on any atom is 0.262 e. The second-order valence-corrected chi connectivity index (χ2v) is 6.83. The molecule has 1 aliphatic heterocycles. The van der Waals surface area contributed by atoms with Gasteiger partial charge in [0.05, 0.1) is 12.3 Å².